The summed E-state index contributed by atoms with van der Waals surface area (Å²) in [4.78, 5) is 16.4. The lowest BCUT2D eigenvalue weighted by Gasteiger charge is -2.35. The highest BCUT2D eigenvalue weighted by Gasteiger charge is 2.23. The number of nitrogens with zero attached hydrogens (tertiary/aromatic N) is 2. The molecule has 1 saturated heterocycles. The second kappa shape index (κ2) is 10.5. The summed E-state index contributed by atoms with van der Waals surface area (Å²) in [6.45, 7) is 8.59. The van der Waals surface area contributed by atoms with E-state index in [4.69, 9.17) is 9.47 Å². The average molecular weight is 381 g/mol. The van der Waals surface area contributed by atoms with E-state index in [9.17, 15) is 9.18 Å². The summed E-state index contributed by atoms with van der Waals surface area (Å²) >= 11 is 0. The van der Waals surface area contributed by atoms with Crippen LogP contribution in [-0.2, 0) is 11.3 Å². The van der Waals surface area contributed by atoms with Gasteiger partial charge in [-0.1, -0.05) is 19.9 Å². The van der Waals surface area contributed by atoms with Gasteiger partial charge in [0.25, 0.3) is 0 Å². The maximum absolute atomic E-state index is 13.8. The number of morpholine rings is 1. The van der Waals surface area contributed by atoms with E-state index in [-0.39, 0.29) is 11.8 Å². The zero-order valence-electron chi connectivity index (χ0n) is 16.8. The van der Waals surface area contributed by atoms with Crippen molar-refractivity contribution in [2.75, 3.05) is 47.0 Å². The summed E-state index contributed by atoms with van der Waals surface area (Å²) in [6, 6.07) is 4.88. The van der Waals surface area contributed by atoms with Crippen LogP contribution in [0.25, 0.3) is 0 Å². The van der Waals surface area contributed by atoms with Crippen molar-refractivity contribution in [2.24, 2.45) is 5.92 Å². The zero-order chi connectivity index (χ0) is 19.8. The van der Waals surface area contributed by atoms with Crippen LogP contribution in [0.3, 0.4) is 0 Å². The summed E-state index contributed by atoms with van der Waals surface area (Å²) in [5.41, 5.74) is 0.720. The number of rotatable bonds is 8. The lowest BCUT2D eigenvalue weighted by molar-refractivity contribution is 0.0127. The number of ether oxygens (including phenoxy) is 2. The number of halogens is 1. The Hall–Kier alpha value is -1.86. The van der Waals surface area contributed by atoms with Gasteiger partial charge in [0.05, 0.1) is 20.3 Å². The van der Waals surface area contributed by atoms with Gasteiger partial charge >= 0.3 is 6.03 Å². The molecular weight excluding hydrogens is 349 g/mol. The lowest BCUT2D eigenvalue weighted by Crippen LogP contribution is -2.50. The monoisotopic (exact) mass is 381 g/mol. The molecule has 6 nitrogen and oxygen atoms in total. The molecule has 1 aromatic rings. The molecule has 1 aliphatic rings. The molecule has 0 aromatic heterocycles. The van der Waals surface area contributed by atoms with E-state index >= 15 is 0 Å². The second-order valence-corrected chi connectivity index (χ2v) is 7.44. The molecule has 1 aliphatic heterocycles. The first-order valence-electron chi connectivity index (χ1n) is 9.54. The molecule has 1 atom stereocenters. The Morgan fingerprint density at radius 2 is 2.07 bits per heavy atom. The number of hydrogen-bond donors (Lipinski definition) is 1. The Balaban J connectivity index is 1.88. The molecule has 1 fully saturated rings. The summed E-state index contributed by atoms with van der Waals surface area (Å²) in [7, 11) is 3.14. The number of hydrogen-bond acceptors (Lipinski definition) is 4. The molecule has 1 N–H and O–H groups in total. The van der Waals surface area contributed by atoms with Crippen molar-refractivity contribution in [1.29, 1.82) is 0 Å². The average Bonchev–Trinajstić information content (AvgIpc) is 2.65. The van der Waals surface area contributed by atoms with Crippen LogP contribution < -0.4 is 10.1 Å². The first-order chi connectivity index (χ1) is 12.9. The Morgan fingerprint density at radius 1 is 1.37 bits per heavy atom. The van der Waals surface area contributed by atoms with Crippen molar-refractivity contribution >= 4 is 6.03 Å². The van der Waals surface area contributed by atoms with Crippen molar-refractivity contribution in [1.82, 2.24) is 15.1 Å². The quantitative estimate of drug-likeness (QED) is 0.752. The van der Waals surface area contributed by atoms with Gasteiger partial charge in [-0.2, -0.15) is 0 Å². The van der Waals surface area contributed by atoms with Crippen molar-refractivity contribution in [3.63, 3.8) is 0 Å². The minimum atomic E-state index is -0.423. The molecule has 27 heavy (non-hydrogen) atoms. The Kier molecular flexibility index (Phi) is 8.31. The van der Waals surface area contributed by atoms with Gasteiger partial charge in [0, 0.05) is 39.3 Å². The third-order valence-corrected chi connectivity index (χ3v) is 4.78. The van der Waals surface area contributed by atoms with Crippen molar-refractivity contribution in [3.05, 3.63) is 29.6 Å². The van der Waals surface area contributed by atoms with Gasteiger partial charge in [-0.05, 0) is 30.0 Å². The molecule has 1 heterocycles. The minimum Gasteiger partial charge on any atom is -0.494 e. The molecule has 0 radical (unpaired) electrons. The number of benzene rings is 1. The Labute approximate surface area is 161 Å². The van der Waals surface area contributed by atoms with E-state index in [1.807, 2.05) is 0 Å². The summed E-state index contributed by atoms with van der Waals surface area (Å²) in [5, 5.41) is 3.03. The molecule has 152 valence electrons. The minimum absolute atomic E-state index is 0.159. The molecule has 0 spiro atoms. The highest BCUT2D eigenvalue weighted by atomic mass is 19.1. The second-order valence-electron chi connectivity index (χ2n) is 7.44. The zero-order valence-corrected chi connectivity index (χ0v) is 16.8. The van der Waals surface area contributed by atoms with Crippen LogP contribution in [0.5, 0.6) is 5.75 Å². The maximum Gasteiger partial charge on any atom is 0.317 e. The lowest BCUT2D eigenvalue weighted by atomic mass is 10.0. The predicted molar refractivity (Wildman–Crippen MR) is 103 cm³/mol. The van der Waals surface area contributed by atoms with Crippen LogP contribution in [0.1, 0.15) is 25.8 Å². The SMILES string of the molecule is COc1ccc(CN(C)C(=O)NCC(CC(C)C)N2CCOCC2)cc1F. The number of carbonyl (C=O) groups is 1. The maximum atomic E-state index is 13.8. The fourth-order valence-electron chi connectivity index (χ4n) is 3.34. The van der Waals surface area contributed by atoms with Gasteiger partial charge in [0.1, 0.15) is 0 Å². The number of carbonyl (C=O) groups excluding carboxylic acids is 1. The normalized spacial score (nSPS) is 16.2. The summed E-state index contributed by atoms with van der Waals surface area (Å²) < 4.78 is 24.2. The van der Waals surface area contributed by atoms with Crippen LogP contribution in [-0.4, -0.2) is 68.9 Å². The molecule has 0 saturated carbocycles. The number of nitrogens with one attached hydrogen (secondary N) is 1. The fraction of sp³-hybridized carbons (Fsp3) is 0.650. The predicted octanol–water partition coefficient (Wildman–Crippen LogP) is 2.72. The van der Waals surface area contributed by atoms with Crippen LogP contribution in [0.15, 0.2) is 18.2 Å². The van der Waals surface area contributed by atoms with E-state index in [2.05, 4.69) is 24.1 Å². The van der Waals surface area contributed by atoms with Crippen molar-refractivity contribution in [2.45, 2.75) is 32.9 Å². The molecule has 1 aromatic carbocycles. The van der Waals surface area contributed by atoms with Crippen LogP contribution in [0.4, 0.5) is 9.18 Å². The molecule has 0 aliphatic carbocycles. The van der Waals surface area contributed by atoms with Gasteiger partial charge in [0.2, 0.25) is 0 Å². The summed E-state index contributed by atoms with van der Waals surface area (Å²) in [5.74, 6) is 0.329. The molecular formula is C20H32FN3O3. The van der Waals surface area contributed by atoms with E-state index in [1.165, 1.54) is 13.2 Å². The third-order valence-electron chi connectivity index (χ3n) is 4.78. The largest absolute Gasteiger partial charge is 0.494 e. The number of amides is 2. The van der Waals surface area contributed by atoms with E-state index in [0.717, 1.165) is 38.3 Å². The first kappa shape index (κ1) is 21.4. The number of methoxy groups -OCH3 is 1. The number of urea groups is 1. The molecule has 7 heteroatoms. The fourth-order valence-corrected chi connectivity index (χ4v) is 3.34. The van der Waals surface area contributed by atoms with Crippen LogP contribution in [0.2, 0.25) is 0 Å². The highest BCUT2D eigenvalue weighted by molar-refractivity contribution is 5.73. The van der Waals surface area contributed by atoms with Gasteiger partial charge in [-0.25, -0.2) is 9.18 Å². The van der Waals surface area contributed by atoms with Gasteiger partial charge in [-0.3, -0.25) is 4.90 Å². The first-order valence-corrected chi connectivity index (χ1v) is 9.54. The van der Waals surface area contributed by atoms with Crippen molar-refractivity contribution in [3.8, 4) is 5.75 Å². The Bertz CT molecular complexity index is 606. The van der Waals surface area contributed by atoms with E-state index in [1.54, 1.807) is 24.1 Å². The van der Waals surface area contributed by atoms with E-state index < -0.39 is 5.82 Å². The van der Waals surface area contributed by atoms with E-state index in [0.29, 0.717) is 25.0 Å². The van der Waals surface area contributed by atoms with Gasteiger partial charge < -0.3 is 19.7 Å². The highest BCUT2D eigenvalue weighted by Crippen LogP contribution is 2.18. The standard InChI is InChI=1S/C20H32FN3O3/c1-15(2)11-17(24-7-9-27-10-8-24)13-22-20(25)23(3)14-16-5-6-19(26-4)18(21)12-16/h5-6,12,15,17H,7-11,13-14H2,1-4H3,(H,22,25). The van der Waals surface area contributed by atoms with Crippen molar-refractivity contribution < 1.29 is 18.7 Å². The molecule has 2 amide bonds. The third kappa shape index (κ3) is 6.66. The van der Waals surface area contributed by atoms with Crippen LogP contribution in [0, 0.1) is 11.7 Å². The summed E-state index contributed by atoms with van der Waals surface area (Å²) in [6.07, 6.45) is 1.02. The topological polar surface area (TPSA) is 54.0 Å². The van der Waals surface area contributed by atoms with Gasteiger partial charge in [-0.15, -0.1) is 0 Å². The van der Waals surface area contributed by atoms with Crippen LogP contribution >= 0.6 is 0 Å². The molecule has 2 rings (SSSR count). The van der Waals surface area contributed by atoms with Gasteiger partial charge in [0.15, 0.2) is 11.6 Å². The molecule has 0 bridgehead atoms. The smallest absolute Gasteiger partial charge is 0.317 e. The Morgan fingerprint density at radius 3 is 2.67 bits per heavy atom. The molecule has 1 unspecified atom stereocenters.